The average Bonchev–Trinajstić information content (AvgIpc) is 2.76. The molecule has 4 aromatic rings. The number of fused-ring (bicyclic) bond motifs is 1. The van der Waals surface area contributed by atoms with E-state index in [4.69, 9.17) is 4.74 Å². The molecule has 0 aliphatic heterocycles. The van der Waals surface area contributed by atoms with E-state index in [-0.39, 0.29) is 18.2 Å². The molecule has 0 saturated carbocycles. The smallest absolute Gasteiger partial charge is 0.323 e. The molecule has 2 aromatic heterocycles. The summed E-state index contributed by atoms with van der Waals surface area (Å²) in [6.07, 6.45) is 1.69. The maximum Gasteiger partial charge on any atom is 0.323 e. The summed E-state index contributed by atoms with van der Waals surface area (Å²) < 4.78 is 7.41. The number of ether oxygens (including phenoxy) is 1. The summed E-state index contributed by atoms with van der Waals surface area (Å²) in [5.41, 5.74) is 5.13. The van der Waals surface area contributed by atoms with Crippen LogP contribution in [0.4, 0.5) is 16.2 Å². The van der Waals surface area contributed by atoms with Gasteiger partial charge in [0.2, 0.25) is 0 Å². The molecule has 162 valence electrons. The molecule has 0 aliphatic carbocycles. The number of amides is 2. The van der Waals surface area contributed by atoms with Gasteiger partial charge in [-0.3, -0.25) is 9.20 Å². The Kier molecular flexibility index (Phi) is 5.89. The van der Waals surface area contributed by atoms with E-state index < -0.39 is 0 Å². The number of rotatable bonds is 5. The summed E-state index contributed by atoms with van der Waals surface area (Å²) in [4.78, 5) is 29.5. The van der Waals surface area contributed by atoms with E-state index in [0.29, 0.717) is 22.8 Å². The van der Waals surface area contributed by atoms with Gasteiger partial charge in [0.05, 0.1) is 11.4 Å². The normalized spacial score (nSPS) is 10.7. The third-order valence-corrected chi connectivity index (χ3v) is 5.09. The highest BCUT2D eigenvalue weighted by Gasteiger charge is 2.11. The van der Waals surface area contributed by atoms with Gasteiger partial charge in [-0.15, -0.1) is 0 Å². The number of nitrogens with one attached hydrogen (secondary N) is 2. The zero-order chi connectivity index (χ0) is 22.7. The summed E-state index contributed by atoms with van der Waals surface area (Å²) in [6.45, 7) is 5.91. The second-order valence-electron chi connectivity index (χ2n) is 7.65. The molecule has 2 aromatic carbocycles. The van der Waals surface area contributed by atoms with Crippen molar-refractivity contribution < 1.29 is 9.53 Å². The summed E-state index contributed by atoms with van der Waals surface area (Å²) >= 11 is 0. The van der Waals surface area contributed by atoms with Crippen LogP contribution in [0.3, 0.4) is 0 Å². The third kappa shape index (κ3) is 4.62. The predicted molar refractivity (Wildman–Crippen MR) is 126 cm³/mol. The molecular formula is C25H24N4O3. The molecule has 32 heavy (non-hydrogen) atoms. The summed E-state index contributed by atoms with van der Waals surface area (Å²) in [6, 6.07) is 17.8. The van der Waals surface area contributed by atoms with Crippen molar-refractivity contribution in [3.63, 3.8) is 0 Å². The van der Waals surface area contributed by atoms with Gasteiger partial charge in [0, 0.05) is 18.0 Å². The molecule has 2 heterocycles. The molecule has 0 radical (unpaired) electrons. The first-order valence-corrected chi connectivity index (χ1v) is 10.3. The fourth-order valence-electron chi connectivity index (χ4n) is 3.38. The van der Waals surface area contributed by atoms with Crippen LogP contribution in [0.15, 0.2) is 71.7 Å². The van der Waals surface area contributed by atoms with Crippen molar-refractivity contribution >= 4 is 23.1 Å². The fraction of sp³-hybridized carbons (Fsp3) is 0.160. The molecule has 4 rings (SSSR count). The minimum atomic E-state index is -0.368. The van der Waals surface area contributed by atoms with Crippen molar-refractivity contribution in [2.75, 3.05) is 10.6 Å². The molecule has 0 spiro atoms. The first-order chi connectivity index (χ1) is 15.4. The van der Waals surface area contributed by atoms with Gasteiger partial charge in [-0.05, 0) is 61.7 Å². The van der Waals surface area contributed by atoms with Crippen LogP contribution in [0.1, 0.15) is 22.4 Å². The van der Waals surface area contributed by atoms with E-state index in [1.54, 1.807) is 18.3 Å². The molecule has 2 N–H and O–H groups in total. The van der Waals surface area contributed by atoms with Crippen molar-refractivity contribution in [1.29, 1.82) is 0 Å². The summed E-state index contributed by atoms with van der Waals surface area (Å²) in [5.74, 6) is 0.482. The zero-order valence-corrected chi connectivity index (χ0v) is 18.2. The van der Waals surface area contributed by atoms with Crippen molar-refractivity contribution in [1.82, 2.24) is 9.38 Å². The Morgan fingerprint density at radius 1 is 0.938 bits per heavy atom. The standard InChI is InChI=1S/C25H24N4O3/c1-16-10-11-17(2)21(13-16)28-25(31)27-20-8-4-5-9-22(20)32-15-19-14-23(30)29-12-6-7-18(3)24(29)26-19/h4-14H,15H2,1-3H3,(H2,27,28,31). The van der Waals surface area contributed by atoms with Crippen LogP contribution in [0.5, 0.6) is 5.75 Å². The Balaban J connectivity index is 1.50. The molecule has 0 bridgehead atoms. The second kappa shape index (κ2) is 8.93. The van der Waals surface area contributed by atoms with Gasteiger partial charge in [0.25, 0.3) is 5.56 Å². The van der Waals surface area contributed by atoms with Crippen molar-refractivity contribution in [2.45, 2.75) is 27.4 Å². The van der Waals surface area contributed by atoms with Crippen LogP contribution in [0.2, 0.25) is 0 Å². The van der Waals surface area contributed by atoms with E-state index in [9.17, 15) is 9.59 Å². The number of urea groups is 1. The lowest BCUT2D eigenvalue weighted by Crippen LogP contribution is -2.20. The van der Waals surface area contributed by atoms with E-state index in [2.05, 4.69) is 15.6 Å². The highest BCUT2D eigenvalue weighted by atomic mass is 16.5. The molecule has 7 nitrogen and oxygen atoms in total. The Labute approximate surface area is 185 Å². The third-order valence-electron chi connectivity index (χ3n) is 5.09. The molecule has 0 unspecified atom stereocenters. The highest BCUT2D eigenvalue weighted by molar-refractivity contribution is 6.01. The quantitative estimate of drug-likeness (QED) is 0.476. The van der Waals surface area contributed by atoms with Gasteiger partial charge in [-0.1, -0.05) is 30.3 Å². The van der Waals surface area contributed by atoms with Gasteiger partial charge >= 0.3 is 6.03 Å². The van der Waals surface area contributed by atoms with E-state index in [1.807, 2.05) is 63.2 Å². The van der Waals surface area contributed by atoms with Crippen LogP contribution >= 0.6 is 0 Å². The minimum Gasteiger partial charge on any atom is -0.485 e. The number of hydrogen-bond donors (Lipinski definition) is 2. The maximum absolute atomic E-state index is 12.6. The van der Waals surface area contributed by atoms with E-state index >= 15 is 0 Å². The Morgan fingerprint density at radius 2 is 1.72 bits per heavy atom. The number of para-hydroxylation sites is 2. The monoisotopic (exact) mass is 428 g/mol. The molecular weight excluding hydrogens is 404 g/mol. The second-order valence-corrected chi connectivity index (χ2v) is 7.65. The van der Waals surface area contributed by atoms with Crippen LogP contribution < -0.4 is 20.9 Å². The molecule has 0 aliphatic rings. The fourth-order valence-corrected chi connectivity index (χ4v) is 3.38. The van der Waals surface area contributed by atoms with Crippen LogP contribution in [-0.2, 0) is 6.61 Å². The number of carbonyl (C=O) groups is 1. The largest absolute Gasteiger partial charge is 0.485 e. The van der Waals surface area contributed by atoms with E-state index in [0.717, 1.165) is 22.4 Å². The minimum absolute atomic E-state index is 0.0946. The Hall–Kier alpha value is -4.13. The molecule has 0 saturated heterocycles. The first kappa shape index (κ1) is 21.1. The predicted octanol–water partition coefficient (Wildman–Crippen LogP) is 4.84. The van der Waals surface area contributed by atoms with Crippen molar-refractivity contribution in [3.05, 3.63) is 99.6 Å². The van der Waals surface area contributed by atoms with Gasteiger partial charge in [0.1, 0.15) is 18.0 Å². The van der Waals surface area contributed by atoms with Crippen molar-refractivity contribution in [2.24, 2.45) is 0 Å². The number of aromatic nitrogens is 2. The van der Waals surface area contributed by atoms with Gasteiger partial charge < -0.3 is 15.4 Å². The lowest BCUT2D eigenvalue weighted by atomic mass is 10.1. The molecule has 0 fully saturated rings. The molecule has 2 amide bonds. The van der Waals surface area contributed by atoms with Crippen LogP contribution in [0, 0.1) is 20.8 Å². The van der Waals surface area contributed by atoms with Gasteiger partial charge in [-0.2, -0.15) is 0 Å². The maximum atomic E-state index is 12.6. The first-order valence-electron chi connectivity index (χ1n) is 10.3. The lowest BCUT2D eigenvalue weighted by Gasteiger charge is -2.14. The number of hydrogen-bond acceptors (Lipinski definition) is 4. The van der Waals surface area contributed by atoms with Gasteiger partial charge in [0.15, 0.2) is 0 Å². The Bertz CT molecular complexity index is 1360. The summed E-state index contributed by atoms with van der Waals surface area (Å²) in [7, 11) is 0. The number of anilines is 2. The Morgan fingerprint density at radius 3 is 2.56 bits per heavy atom. The number of nitrogens with zero attached hydrogens (tertiary/aromatic N) is 2. The number of benzene rings is 2. The lowest BCUT2D eigenvalue weighted by molar-refractivity contribution is 0.261. The topological polar surface area (TPSA) is 84.7 Å². The number of pyridine rings is 1. The zero-order valence-electron chi connectivity index (χ0n) is 18.2. The molecule has 0 atom stereocenters. The number of carbonyl (C=O) groups excluding carboxylic acids is 1. The van der Waals surface area contributed by atoms with Crippen molar-refractivity contribution in [3.8, 4) is 5.75 Å². The molecule has 7 heteroatoms. The van der Waals surface area contributed by atoms with Gasteiger partial charge in [-0.25, -0.2) is 9.78 Å². The van der Waals surface area contributed by atoms with Crippen LogP contribution in [0.25, 0.3) is 5.65 Å². The highest BCUT2D eigenvalue weighted by Crippen LogP contribution is 2.25. The SMILES string of the molecule is Cc1ccc(C)c(NC(=O)Nc2ccccc2OCc2cc(=O)n3cccc(C)c3n2)c1. The summed E-state index contributed by atoms with van der Waals surface area (Å²) in [5, 5.41) is 5.70. The van der Waals surface area contributed by atoms with E-state index in [1.165, 1.54) is 10.5 Å². The number of aryl methyl sites for hydroxylation is 3. The average molecular weight is 428 g/mol. The van der Waals surface area contributed by atoms with Crippen LogP contribution in [-0.4, -0.2) is 15.4 Å².